The zero-order valence-corrected chi connectivity index (χ0v) is 11.1. The molecule has 90 valence electrons. The molecule has 1 aromatic heterocycles. The molecule has 5 nitrogen and oxygen atoms in total. The number of hydrazine groups is 1. The third-order valence-corrected chi connectivity index (χ3v) is 3.63. The number of hydrogen-bond donors (Lipinski definition) is 3. The van der Waals surface area contributed by atoms with E-state index >= 15 is 0 Å². The molecule has 0 aliphatic heterocycles. The van der Waals surface area contributed by atoms with Crippen molar-refractivity contribution in [3.05, 3.63) is 11.2 Å². The molecule has 1 rings (SSSR count). The first-order chi connectivity index (χ1) is 7.48. The number of aromatic nitrogens is 2. The number of anilines is 2. The van der Waals surface area contributed by atoms with Gasteiger partial charge in [-0.3, -0.25) is 5.43 Å². The van der Waals surface area contributed by atoms with E-state index in [0.29, 0.717) is 16.8 Å². The molecular weight excluding hydrogens is 246 g/mol. The minimum atomic E-state index is 0.116. The van der Waals surface area contributed by atoms with Gasteiger partial charge >= 0.3 is 0 Å². The zero-order chi connectivity index (χ0) is 12.2. The maximum absolute atomic E-state index is 5.96. The summed E-state index contributed by atoms with van der Waals surface area (Å²) in [7, 11) is 0. The zero-order valence-electron chi connectivity index (χ0n) is 9.54. The maximum Gasteiger partial charge on any atom is 0.239 e. The number of halogens is 1. The molecule has 0 saturated carbocycles. The summed E-state index contributed by atoms with van der Waals surface area (Å²) in [5.74, 6) is 6.16. The molecule has 0 bridgehead atoms. The number of nitrogens with two attached hydrogens (primary N) is 1. The number of nitrogens with zero attached hydrogens (tertiary/aromatic N) is 2. The van der Waals surface area contributed by atoms with E-state index in [0.717, 1.165) is 6.54 Å². The maximum atomic E-state index is 5.96. The Kier molecular flexibility index (Phi) is 4.64. The molecule has 0 saturated heterocycles. The van der Waals surface area contributed by atoms with Crippen LogP contribution in [0.15, 0.2) is 6.20 Å². The Morgan fingerprint density at radius 2 is 2.25 bits per heavy atom. The number of nitrogens with one attached hydrogen (secondary N) is 2. The third kappa shape index (κ3) is 3.70. The summed E-state index contributed by atoms with van der Waals surface area (Å²) in [6, 6.07) is 0. The summed E-state index contributed by atoms with van der Waals surface area (Å²) >= 11 is 7.74. The molecule has 1 heterocycles. The summed E-state index contributed by atoms with van der Waals surface area (Å²) in [5.41, 5.74) is 2.38. The minimum absolute atomic E-state index is 0.116. The smallest absolute Gasteiger partial charge is 0.239 e. The third-order valence-electron chi connectivity index (χ3n) is 2.11. The molecule has 0 fully saturated rings. The van der Waals surface area contributed by atoms with E-state index in [4.69, 9.17) is 17.4 Å². The molecule has 0 radical (unpaired) electrons. The summed E-state index contributed by atoms with van der Waals surface area (Å²) < 4.78 is 0.116. The Labute approximate surface area is 105 Å². The van der Waals surface area contributed by atoms with Gasteiger partial charge in [0.2, 0.25) is 5.95 Å². The first kappa shape index (κ1) is 13.3. The van der Waals surface area contributed by atoms with Crippen LogP contribution in [0, 0.1) is 0 Å². The molecule has 0 aliphatic rings. The molecular formula is C9H16ClN5S. The van der Waals surface area contributed by atoms with Gasteiger partial charge < -0.3 is 5.32 Å². The van der Waals surface area contributed by atoms with E-state index in [1.807, 2.05) is 0 Å². The van der Waals surface area contributed by atoms with Crippen molar-refractivity contribution in [1.29, 1.82) is 0 Å². The van der Waals surface area contributed by atoms with Crippen LogP contribution in [0.4, 0.5) is 11.8 Å². The Balaban J connectivity index is 2.73. The van der Waals surface area contributed by atoms with Crippen molar-refractivity contribution in [3.63, 3.8) is 0 Å². The van der Waals surface area contributed by atoms with Crippen LogP contribution in [-0.2, 0) is 0 Å². The lowest BCUT2D eigenvalue weighted by Crippen LogP contribution is -2.26. The molecule has 0 aliphatic carbocycles. The van der Waals surface area contributed by atoms with Gasteiger partial charge in [0.15, 0.2) is 5.82 Å². The van der Waals surface area contributed by atoms with Gasteiger partial charge in [-0.05, 0) is 20.1 Å². The average molecular weight is 262 g/mol. The fourth-order valence-electron chi connectivity index (χ4n) is 0.929. The minimum Gasteiger partial charge on any atom is -0.367 e. The van der Waals surface area contributed by atoms with E-state index in [1.54, 1.807) is 11.8 Å². The van der Waals surface area contributed by atoms with Crippen LogP contribution in [0.2, 0.25) is 5.02 Å². The number of rotatable bonds is 5. The van der Waals surface area contributed by atoms with Crippen molar-refractivity contribution in [2.75, 3.05) is 23.5 Å². The quantitative estimate of drug-likeness (QED) is 0.556. The first-order valence-electron chi connectivity index (χ1n) is 4.76. The molecule has 1 aromatic rings. The van der Waals surface area contributed by atoms with Crippen LogP contribution in [0.3, 0.4) is 0 Å². The second kappa shape index (κ2) is 5.56. The second-order valence-corrected chi connectivity index (χ2v) is 5.77. The highest BCUT2D eigenvalue weighted by Gasteiger charge is 2.16. The van der Waals surface area contributed by atoms with Gasteiger partial charge in [-0.25, -0.2) is 10.8 Å². The SMILES string of the molecule is CSC(C)(C)CNc1nc(NN)ncc1Cl. The van der Waals surface area contributed by atoms with Crippen LogP contribution in [0.1, 0.15) is 13.8 Å². The van der Waals surface area contributed by atoms with Crippen LogP contribution in [0.25, 0.3) is 0 Å². The Morgan fingerprint density at radius 1 is 1.56 bits per heavy atom. The van der Waals surface area contributed by atoms with Crippen LogP contribution in [0.5, 0.6) is 0 Å². The lowest BCUT2D eigenvalue weighted by Gasteiger charge is -2.22. The second-order valence-electron chi connectivity index (χ2n) is 3.85. The molecule has 4 N–H and O–H groups in total. The predicted molar refractivity (Wildman–Crippen MR) is 70.9 cm³/mol. The van der Waals surface area contributed by atoms with Crippen LogP contribution < -0.4 is 16.6 Å². The lowest BCUT2D eigenvalue weighted by atomic mass is 10.2. The van der Waals surface area contributed by atoms with Crippen molar-refractivity contribution < 1.29 is 0 Å². The van der Waals surface area contributed by atoms with E-state index in [9.17, 15) is 0 Å². The Hall–Kier alpha value is -0.720. The van der Waals surface area contributed by atoms with Gasteiger partial charge in [-0.2, -0.15) is 16.7 Å². The average Bonchev–Trinajstić information content (AvgIpc) is 2.28. The molecule has 0 aromatic carbocycles. The van der Waals surface area contributed by atoms with E-state index in [1.165, 1.54) is 6.20 Å². The van der Waals surface area contributed by atoms with Crippen LogP contribution in [-0.4, -0.2) is 27.5 Å². The van der Waals surface area contributed by atoms with Gasteiger partial charge in [0.1, 0.15) is 5.02 Å². The molecule has 7 heteroatoms. The van der Waals surface area contributed by atoms with Crippen molar-refractivity contribution >= 4 is 35.1 Å². The highest BCUT2D eigenvalue weighted by atomic mass is 35.5. The highest BCUT2D eigenvalue weighted by molar-refractivity contribution is 7.99. The number of thioether (sulfide) groups is 1. The molecule has 16 heavy (non-hydrogen) atoms. The van der Waals surface area contributed by atoms with Crippen molar-refractivity contribution in [2.45, 2.75) is 18.6 Å². The monoisotopic (exact) mass is 261 g/mol. The molecule has 0 atom stereocenters. The standard InChI is InChI=1S/C9H16ClN5S/c1-9(2,16-3)5-13-7-6(10)4-12-8(14-7)15-11/h4H,5,11H2,1-3H3,(H2,12,13,14,15). The molecule has 0 unspecified atom stereocenters. The largest absolute Gasteiger partial charge is 0.367 e. The fourth-order valence-corrected chi connectivity index (χ4v) is 1.30. The van der Waals surface area contributed by atoms with Crippen molar-refractivity contribution in [3.8, 4) is 0 Å². The van der Waals surface area contributed by atoms with Gasteiger partial charge in [0.05, 0.1) is 6.20 Å². The van der Waals surface area contributed by atoms with Crippen molar-refractivity contribution in [1.82, 2.24) is 9.97 Å². The van der Waals surface area contributed by atoms with E-state index < -0.39 is 0 Å². The predicted octanol–water partition coefficient (Wildman–Crippen LogP) is 1.97. The molecule has 0 spiro atoms. The first-order valence-corrected chi connectivity index (χ1v) is 6.37. The Bertz CT molecular complexity index is 358. The van der Waals surface area contributed by atoms with Gasteiger partial charge in [-0.1, -0.05) is 11.6 Å². The van der Waals surface area contributed by atoms with Crippen LogP contribution >= 0.6 is 23.4 Å². The van der Waals surface area contributed by atoms with E-state index in [2.05, 4.69) is 40.8 Å². The number of hydrogen-bond acceptors (Lipinski definition) is 6. The summed E-state index contributed by atoms with van der Waals surface area (Å²) in [6.45, 7) is 5.04. The number of nitrogen functional groups attached to an aromatic ring is 1. The summed E-state index contributed by atoms with van der Waals surface area (Å²) in [4.78, 5) is 8.03. The van der Waals surface area contributed by atoms with E-state index in [-0.39, 0.29) is 4.75 Å². The topological polar surface area (TPSA) is 75.9 Å². The normalized spacial score (nSPS) is 11.3. The summed E-state index contributed by atoms with van der Waals surface area (Å²) in [6.07, 6.45) is 3.58. The fraction of sp³-hybridized carbons (Fsp3) is 0.556. The summed E-state index contributed by atoms with van der Waals surface area (Å²) in [5, 5.41) is 3.66. The molecule has 0 amide bonds. The van der Waals surface area contributed by atoms with Gasteiger partial charge in [0.25, 0.3) is 0 Å². The van der Waals surface area contributed by atoms with Crippen molar-refractivity contribution in [2.24, 2.45) is 5.84 Å². The van der Waals surface area contributed by atoms with Gasteiger partial charge in [0, 0.05) is 11.3 Å². The Morgan fingerprint density at radius 3 is 2.81 bits per heavy atom. The lowest BCUT2D eigenvalue weighted by molar-refractivity contribution is 0.750. The highest BCUT2D eigenvalue weighted by Crippen LogP contribution is 2.24. The van der Waals surface area contributed by atoms with Gasteiger partial charge in [-0.15, -0.1) is 0 Å².